The lowest BCUT2D eigenvalue weighted by Gasteiger charge is -2.04. The Bertz CT molecular complexity index is 555. The highest BCUT2D eigenvalue weighted by Gasteiger charge is 2.07. The molecule has 0 aliphatic heterocycles. The molecular formula is C13H14N2O2S. The lowest BCUT2D eigenvalue weighted by atomic mass is 10.3. The fraction of sp³-hybridized carbons (Fsp3) is 0.231. The first-order chi connectivity index (χ1) is 8.69. The van der Waals surface area contributed by atoms with E-state index in [0.717, 1.165) is 16.3 Å². The lowest BCUT2D eigenvalue weighted by molar-refractivity contribution is 0.413. The summed E-state index contributed by atoms with van der Waals surface area (Å²) in [5.74, 6) is 1.07. The van der Waals surface area contributed by atoms with Gasteiger partial charge in [0, 0.05) is 17.3 Å². The van der Waals surface area contributed by atoms with Crippen LogP contribution in [0.5, 0.6) is 5.75 Å². The summed E-state index contributed by atoms with van der Waals surface area (Å²) in [5, 5.41) is 0. The zero-order chi connectivity index (χ0) is 13.0. The maximum Gasteiger partial charge on any atom is 0.120 e. The van der Waals surface area contributed by atoms with Gasteiger partial charge in [-0.3, -0.25) is 14.2 Å². The normalized spacial score (nSPS) is 12.1. The highest BCUT2D eigenvalue weighted by Crippen LogP contribution is 2.17. The van der Waals surface area contributed by atoms with Crippen molar-refractivity contribution >= 4 is 10.8 Å². The molecule has 0 radical (unpaired) electrons. The Hall–Kier alpha value is -1.75. The van der Waals surface area contributed by atoms with Crippen LogP contribution < -0.4 is 4.74 Å². The van der Waals surface area contributed by atoms with Gasteiger partial charge < -0.3 is 4.74 Å². The first-order valence-corrected chi connectivity index (χ1v) is 6.81. The van der Waals surface area contributed by atoms with Gasteiger partial charge in [0.1, 0.15) is 5.75 Å². The van der Waals surface area contributed by atoms with Gasteiger partial charge in [-0.1, -0.05) is 6.07 Å². The van der Waals surface area contributed by atoms with Crippen LogP contribution in [0.25, 0.3) is 0 Å². The van der Waals surface area contributed by atoms with Crippen molar-refractivity contribution in [2.45, 2.75) is 17.6 Å². The summed E-state index contributed by atoms with van der Waals surface area (Å²) < 4.78 is 17.3. The van der Waals surface area contributed by atoms with E-state index in [1.165, 1.54) is 0 Å². The van der Waals surface area contributed by atoms with Gasteiger partial charge in [0.15, 0.2) is 0 Å². The summed E-state index contributed by atoms with van der Waals surface area (Å²) in [5.41, 5.74) is 1.58. The number of hydrogen-bond acceptors (Lipinski definition) is 4. The molecule has 1 aromatic heterocycles. The molecule has 1 atom stereocenters. The summed E-state index contributed by atoms with van der Waals surface area (Å²) in [6.07, 6.45) is 3.34. The highest BCUT2D eigenvalue weighted by molar-refractivity contribution is 7.84. The number of rotatable bonds is 4. The molecule has 0 aliphatic rings. The van der Waals surface area contributed by atoms with E-state index in [1.54, 1.807) is 25.6 Å². The molecule has 0 saturated heterocycles. The lowest BCUT2D eigenvalue weighted by Crippen LogP contribution is -2.00. The maximum absolute atomic E-state index is 12.2. The van der Waals surface area contributed by atoms with Crippen molar-refractivity contribution < 1.29 is 8.95 Å². The van der Waals surface area contributed by atoms with Crippen molar-refractivity contribution in [3.8, 4) is 5.75 Å². The first-order valence-electron chi connectivity index (χ1n) is 5.49. The number of aryl methyl sites for hydroxylation is 1. The summed E-state index contributed by atoms with van der Waals surface area (Å²) in [4.78, 5) is 9.07. The Kier molecular flexibility index (Phi) is 4.04. The average molecular weight is 262 g/mol. The molecule has 2 aromatic rings. The van der Waals surface area contributed by atoms with Crippen LogP contribution in [0.1, 0.15) is 11.4 Å². The third-order valence-corrected chi connectivity index (χ3v) is 3.76. The van der Waals surface area contributed by atoms with Gasteiger partial charge in [-0.05, 0) is 25.1 Å². The molecule has 0 bridgehead atoms. The van der Waals surface area contributed by atoms with Gasteiger partial charge in [0.25, 0.3) is 0 Å². The molecular weight excluding hydrogens is 248 g/mol. The quantitative estimate of drug-likeness (QED) is 0.846. The van der Waals surface area contributed by atoms with Crippen LogP contribution in [-0.2, 0) is 16.6 Å². The monoisotopic (exact) mass is 262 g/mol. The second kappa shape index (κ2) is 5.73. The smallest absolute Gasteiger partial charge is 0.120 e. The maximum atomic E-state index is 12.2. The predicted molar refractivity (Wildman–Crippen MR) is 69.9 cm³/mol. The molecule has 0 fully saturated rings. The molecule has 0 spiro atoms. The minimum absolute atomic E-state index is 0.362. The zero-order valence-corrected chi connectivity index (χ0v) is 11.1. The van der Waals surface area contributed by atoms with Crippen molar-refractivity contribution in [1.29, 1.82) is 0 Å². The topological polar surface area (TPSA) is 52.1 Å². The number of nitrogens with zero attached hydrogens (tertiary/aromatic N) is 2. The van der Waals surface area contributed by atoms with E-state index in [2.05, 4.69) is 9.97 Å². The summed E-state index contributed by atoms with van der Waals surface area (Å²) >= 11 is 0. The van der Waals surface area contributed by atoms with Crippen molar-refractivity contribution in [2.24, 2.45) is 0 Å². The van der Waals surface area contributed by atoms with E-state index in [0.29, 0.717) is 11.5 Å². The van der Waals surface area contributed by atoms with Gasteiger partial charge in [-0.25, -0.2) is 0 Å². The molecule has 1 aromatic carbocycles. The fourth-order valence-corrected chi connectivity index (χ4v) is 2.52. The van der Waals surface area contributed by atoms with Crippen LogP contribution >= 0.6 is 0 Å². The van der Waals surface area contributed by atoms with Crippen LogP contribution in [0.4, 0.5) is 0 Å². The average Bonchev–Trinajstić information content (AvgIpc) is 2.41. The number of methoxy groups -OCH3 is 1. The molecule has 0 aliphatic carbocycles. The number of benzene rings is 1. The minimum Gasteiger partial charge on any atom is -0.497 e. The standard InChI is InChI=1S/C13H14N2O2S/c1-10-7-15-11(8-14-10)9-18(16)13-5-3-4-12(6-13)17-2/h3-8H,9H2,1-2H3/t18-/m0/s1. The van der Waals surface area contributed by atoms with Crippen LogP contribution in [0.15, 0.2) is 41.6 Å². The summed E-state index contributed by atoms with van der Waals surface area (Å²) in [6.45, 7) is 1.87. The largest absolute Gasteiger partial charge is 0.497 e. The second-order valence-corrected chi connectivity index (χ2v) is 5.27. The molecule has 94 valence electrons. The van der Waals surface area contributed by atoms with Crippen LogP contribution in [0.2, 0.25) is 0 Å². The van der Waals surface area contributed by atoms with Crippen LogP contribution in [0, 0.1) is 6.92 Å². The molecule has 4 nitrogen and oxygen atoms in total. The minimum atomic E-state index is -1.14. The predicted octanol–water partition coefficient (Wildman–Crippen LogP) is 2.10. The Labute approximate surface area is 109 Å². The van der Waals surface area contributed by atoms with Crippen molar-refractivity contribution in [3.05, 3.63) is 48.0 Å². The Morgan fingerprint density at radius 1 is 1.28 bits per heavy atom. The second-order valence-electron chi connectivity index (χ2n) is 3.82. The molecule has 1 heterocycles. The van der Waals surface area contributed by atoms with E-state index in [4.69, 9.17) is 4.74 Å². The highest BCUT2D eigenvalue weighted by atomic mass is 32.2. The van der Waals surface area contributed by atoms with Gasteiger partial charge in [-0.2, -0.15) is 0 Å². The number of hydrogen-bond donors (Lipinski definition) is 0. The third kappa shape index (κ3) is 3.13. The Morgan fingerprint density at radius 2 is 2.11 bits per heavy atom. The Morgan fingerprint density at radius 3 is 2.78 bits per heavy atom. The molecule has 0 unspecified atom stereocenters. The van der Waals surface area contributed by atoms with Gasteiger partial charge in [0.05, 0.1) is 35.1 Å². The number of aromatic nitrogens is 2. The van der Waals surface area contributed by atoms with Gasteiger partial charge in [0.2, 0.25) is 0 Å². The molecule has 0 saturated carbocycles. The fourth-order valence-electron chi connectivity index (χ4n) is 1.45. The molecule has 0 N–H and O–H groups in total. The van der Waals surface area contributed by atoms with Crippen molar-refractivity contribution in [3.63, 3.8) is 0 Å². The Balaban J connectivity index is 2.14. The van der Waals surface area contributed by atoms with E-state index >= 15 is 0 Å². The van der Waals surface area contributed by atoms with Crippen LogP contribution in [-0.4, -0.2) is 21.3 Å². The van der Waals surface area contributed by atoms with E-state index in [-0.39, 0.29) is 0 Å². The molecule has 18 heavy (non-hydrogen) atoms. The molecule has 2 rings (SSSR count). The first kappa shape index (κ1) is 12.7. The van der Waals surface area contributed by atoms with E-state index < -0.39 is 10.8 Å². The molecule has 0 amide bonds. The third-order valence-electron chi connectivity index (χ3n) is 2.42. The SMILES string of the molecule is COc1cccc([S@@](=O)Cc2cnc(C)cn2)c1. The van der Waals surface area contributed by atoms with Gasteiger partial charge in [-0.15, -0.1) is 0 Å². The zero-order valence-electron chi connectivity index (χ0n) is 10.3. The van der Waals surface area contributed by atoms with E-state index in [9.17, 15) is 4.21 Å². The van der Waals surface area contributed by atoms with Crippen LogP contribution in [0.3, 0.4) is 0 Å². The van der Waals surface area contributed by atoms with E-state index in [1.807, 2.05) is 25.1 Å². The van der Waals surface area contributed by atoms with Crippen molar-refractivity contribution in [2.75, 3.05) is 7.11 Å². The molecule has 5 heteroatoms. The van der Waals surface area contributed by atoms with Gasteiger partial charge >= 0.3 is 0 Å². The van der Waals surface area contributed by atoms with Crippen molar-refractivity contribution in [1.82, 2.24) is 9.97 Å². The summed E-state index contributed by atoms with van der Waals surface area (Å²) in [7, 11) is 0.455. The summed E-state index contributed by atoms with van der Waals surface area (Å²) in [6, 6.07) is 7.25. The number of ether oxygens (including phenoxy) is 1.